The van der Waals surface area contributed by atoms with Crippen molar-refractivity contribution in [3.8, 4) is 5.88 Å². The second-order valence-corrected chi connectivity index (χ2v) is 11.5. The van der Waals surface area contributed by atoms with Crippen molar-refractivity contribution in [1.82, 2.24) is 25.6 Å². The number of rotatable bonds is 7. The van der Waals surface area contributed by atoms with Gasteiger partial charge in [0.15, 0.2) is 0 Å². The molecule has 2 amide bonds. The Labute approximate surface area is 223 Å². The van der Waals surface area contributed by atoms with Gasteiger partial charge in [0.25, 0.3) is 0 Å². The number of carbonyl (C=O) groups is 1. The second-order valence-electron chi connectivity index (χ2n) is 11.5. The van der Waals surface area contributed by atoms with E-state index in [9.17, 15) is 14.3 Å². The van der Waals surface area contributed by atoms with Crippen molar-refractivity contribution < 1.29 is 19.0 Å². The molecule has 1 aromatic carbocycles. The Bertz CT molecular complexity index is 1170. The molecule has 0 radical (unpaired) electrons. The van der Waals surface area contributed by atoms with Crippen molar-refractivity contribution in [2.24, 2.45) is 0 Å². The van der Waals surface area contributed by atoms with Gasteiger partial charge in [-0.15, -0.1) is 0 Å². The molecule has 10 heteroatoms. The fourth-order valence-electron chi connectivity index (χ4n) is 6.06. The van der Waals surface area contributed by atoms with E-state index in [-0.39, 0.29) is 17.8 Å². The molecule has 0 unspecified atom stereocenters. The van der Waals surface area contributed by atoms with Crippen LogP contribution in [0.5, 0.6) is 5.88 Å². The number of halogens is 1. The van der Waals surface area contributed by atoms with E-state index in [0.29, 0.717) is 36.9 Å². The number of nitrogens with one attached hydrogen (secondary N) is 2. The number of β-amino-alcohol motifs (C(OH)–C–C–N with tert-alkyl or cyclic N) is 1. The Morgan fingerprint density at radius 2 is 1.89 bits per heavy atom. The molecule has 0 bridgehead atoms. The van der Waals surface area contributed by atoms with Gasteiger partial charge in [0, 0.05) is 50.7 Å². The number of hydrogen-bond donors (Lipinski definition) is 3. The molecule has 206 valence electrons. The molecule has 2 aromatic rings. The fourth-order valence-corrected chi connectivity index (χ4v) is 6.06. The minimum atomic E-state index is -0.785. The van der Waals surface area contributed by atoms with Gasteiger partial charge in [-0.25, -0.2) is 9.18 Å². The van der Waals surface area contributed by atoms with E-state index in [0.717, 1.165) is 50.1 Å². The van der Waals surface area contributed by atoms with Crippen molar-refractivity contribution >= 4 is 11.8 Å². The van der Waals surface area contributed by atoms with Gasteiger partial charge in [0.2, 0.25) is 5.88 Å². The smallest absolute Gasteiger partial charge is 0.326 e. The zero-order valence-corrected chi connectivity index (χ0v) is 22.8. The third-order valence-electron chi connectivity index (χ3n) is 8.20. The van der Waals surface area contributed by atoms with Gasteiger partial charge < -0.3 is 19.6 Å². The molecule has 0 aliphatic carbocycles. The van der Waals surface area contributed by atoms with E-state index in [4.69, 9.17) is 9.72 Å². The summed E-state index contributed by atoms with van der Waals surface area (Å²) in [5.41, 5.74) is 7.46. The van der Waals surface area contributed by atoms with Crippen LogP contribution in [0.25, 0.3) is 0 Å². The zero-order chi connectivity index (χ0) is 27.1. The molecule has 3 saturated heterocycles. The van der Waals surface area contributed by atoms with Gasteiger partial charge in [-0.2, -0.15) is 4.98 Å². The summed E-state index contributed by atoms with van der Waals surface area (Å²) < 4.78 is 20.1. The fraction of sp³-hybridized carbons (Fsp3) is 0.571. The zero-order valence-electron chi connectivity index (χ0n) is 22.8. The molecule has 38 heavy (non-hydrogen) atoms. The Hall–Kier alpha value is -2.79. The summed E-state index contributed by atoms with van der Waals surface area (Å²) >= 11 is 0. The van der Waals surface area contributed by atoms with E-state index in [1.807, 2.05) is 36.9 Å². The summed E-state index contributed by atoms with van der Waals surface area (Å²) in [7, 11) is 1.61. The minimum absolute atomic E-state index is 0.129. The van der Waals surface area contributed by atoms with E-state index >= 15 is 0 Å². The van der Waals surface area contributed by atoms with Gasteiger partial charge in [-0.1, -0.05) is 12.1 Å². The van der Waals surface area contributed by atoms with Crippen LogP contribution in [0.2, 0.25) is 0 Å². The highest BCUT2D eigenvalue weighted by molar-refractivity contribution is 5.94. The second kappa shape index (κ2) is 10.4. The van der Waals surface area contributed by atoms with Crippen LogP contribution in [-0.4, -0.2) is 83.4 Å². The first-order chi connectivity index (χ1) is 18.1. The molecule has 0 saturated carbocycles. The lowest BCUT2D eigenvalue weighted by Gasteiger charge is -2.45. The third kappa shape index (κ3) is 5.22. The number of nitrogens with zero attached hydrogens (tertiary/aromatic N) is 4. The third-order valence-corrected chi connectivity index (χ3v) is 8.20. The molecule has 4 heterocycles. The largest absolute Gasteiger partial charge is 0.481 e. The number of aromatic nitrogens is 1. The molecule has 0 atom stereocenters. The molecule has 9 nitrogen and oxygen atoms in total. The maximum atomic E-state index is 14.4. The highest BCUT2D eigenvalue weighted by Crippen LogP contribution is 2.40. The summed E-state index contributed by atoms with van der Waals surface area (Å²) in [4.78, 5) is 24.7. The average molecular weight is 527 g/mol. The number of ether oxygens (including phenoxy) is 1. The summed E-state index contributed by atoms with van der Waals surface area (Å²) in [6.07, 6.45) is 1.52. The van der Waals surface area contributed by atoms with Gasteiger partial charge in [0.05, 0.1) is 24.8 Å². The number of pyridine rings is 1. The molecule has 3 aliphatic rings. The molecule has 3 aliphatic heterocycles. The van der Waals surface area contributed by atoms with E-state index in [2.05, 4.69) is 15.8 Å². The van der Waals surface area contributed by atoms with Crippen LogP contribution in [-0.2, 0) is 6.54 Å². The van der Waals surface area contributed by atoms with Gasteiger partial charge in [-0.05, 0) is 62.9 Å². The first kappa shape index (κ1) is 26.8. The average Bonchev–Trinajstić information content (AvgIpc) is 3.50. The first-order valence-corrected chi connectivity index (χ1v) is 13.4. The molecular weight excluding hydrogens is 487 g/mol. The lowest BCUT2D eigenvalue weighted by Crippen LogP contribution is -2.55. The minimum Gasteiger partial charge on any atom is -0.481 e. The monoisotopic (exact) mass is 526 g/mol. The van der Waals surface area contributed by atoms with Gasteiger partial charge in [0.1, 0.15) is 11.6 Å². The number of amides is 2. The molecule has 1 aromatic heterocycles. The van der Waals surface area contributed by atoms with Crippen LogP contribution in [0.15, 0.2) is 30.3 Å². The van der Waals surface area contributed by atoms with Crippen LogP contribution < -0.4 is 20.5 Å². The highest BCUT2D eigenvalue weighted by atomic mass is 19.1. The van der Waals surface area contributed by atoms with Crippen LogP contribution in [0, 0.1) is 12.7 Å². The molecule has 3 N–H and O–H groups in total. The molecule has 5 rings (SSSR count). The SMILES string of the molecule is COc1nc(N2CC3(CCN(CC(C)(C)O)CC3)N(Cc3cccc(F)c3C)C2=O)ccc1C1CNNC1. The predicted octanol–water partition coefficient (Wildman–Crippen LogP) is 2.78. The van der Waals surface area contributed by atoms with Crippen molar-refractivity contribution in [3.05, 3.63) is 52.8 Å². The number of hydrogen-bond acceptors (Lipinski definition) is 7. The molecular formula is C28H39FN6O3. The predicted molar refractivity (Wildman–Crippen MR) is 144 cm³/mol. The van der Waals surface area contributed by atoms with Crippen LogP contribution in [0.3, 0.4) is 0 Å². The van der Waals surface area contributed by atoms with Crippen LogP contribution in [0.4, 0.5) is 15.0 Å². The van der Waals surface area contributed by atoms with E-state index in [1.165, 1.54) is 6.07 Å². The molecule has 1 spiro atoms. The van der Waals surface area contributed by atoms with Crippen molar-refractivity contribution in [2.75, 3.05) is 51.3 Å². The maximum absolute atomic E-state index is 14.4. The van der Waals surface area contributed by atoms with E-state index in [1.54, 1.807) is 25.0 Å². The number of aliphatic hydroxyl groups is 1. The summed E-state index contributed by atoms with van der Waals surface area (Å²) in [5.74, 6) is 1.06. The Kier molecular flexibility index (Phi) is 7.34. The first-order valence-electron chi connectivity index (χ1n) is 13.4. The highest BCUT2D eigenvalue weighted by Gasteiger charge is 2.52. The number of benzene rings is 1. The Morgan fingerprint density at radius 3 is 2.55 bits per heavy atom. The number of urea groups is 1. The number of piperidine rings is 1. The van der Waals surface area contributed by atoms with Crippen LogP contribution in [0.1, 0.15) is 49.3 Å². The topological polar surface area (TPSA) is 93.2 Å². The number of methoxy groups -OCH3 is 1. The van der Waals surface area contributed by atoms with Crippen molar-refractivity contribution in [1.29, 1.82) is 0 Å². The van der Waals surface area contributed by atoms with Crippen molar-refractivity contribution in [3.63, 3.8) is 0 Å². The number of carbonyl (C=O) groups excluding carboxylic acids is 1. The molecule has 3 fully saturated rings. The Balaban J connectivity index is 1.45. The standard InChI is InChI=1S/C28H39FN6O3/c1-19-20(6-5-7-23(19)29)16-35-26(36)34(18-28(35)10-12-33(13-11-28)17-27(2,3)37)24-9-8-22(25(32-24)38-4)21-14-30-31-15-21/h5-9,21,30-31,37H,10-18H2,1-4H3. The van der Waals surface area contributed by atoms with E-state index < -0.39 is 11.1 Å². The quantitative estimate of drug-likeness (QED) is 0.511. The lowest BCUT2D eigenvalue weighted by molar-refractivity contribution is 0.00614. The summed E-state index contributed by atoms with van der Waals surface area (Å²) in [6, 6.07) is 8.83. The number of hydrazine groups is 1. The lowest BCUT2D eigenvalue weighted by atomic mass is 9.85. The summed E-state index contributed by atoms with van der Waals surface area (Å²) in [5, 5.41) is 10.3. The number of anilines is 1. The normalized spacial score (nSPS) is 20.6. The van der Waals surface area contributed by atoms with Gasteiger partial charge >= 0.3 is 6.03 Å². The Morgan fingerprint density at radius 1 is 1.18 bits per heavy atom. The maximum Gasteiger partial charge on any atom is 0.326 e. The summed E-state index contributed by atoms with van der Waals surface area (Å²) in [6.45, 7) is 9.90. The van der Waals surface area contributed by atoms with Crippen LogP contribution >= 0.6 is 0 Å². The number of likely N-dealkylation sites (tertiary alicyclic amines) is 1. The van der Waals surface area contributed by atoms with Crippen molar-refractivity contribution in [2.45, 2.75) is 57.2 Å². The van der Waals surface area contributed by atoms with Gasteiger partial charge in [-0.3, -0.25) is 15.8 Å².